The van der Waals surface area contributed by atoms with E-state index in [1.54, 1.807) is 13.8 Å². The molecule has 1 rings (SSSR count). The predicted octanol–water partition coefficient (Wildman–Crippen LogP) is 1.51. The van der Waals surface area contributed by atoms with Crippen molar-refractivity contribution in [2.24, 2.45) is 5.73 Å². The molecule has 7 nitrogen and oxygen atoms in total. The van der Waals surface area contributed by atoms with Crippen LogP contribution in [0.2, 0.25) is 0 Å². The van der Waals surface area contributed by atoms with Crippen molar-refractivity contribution in [1.29, 1.82) is 0 Å². The standard InChI is InChI=1S/C14H19BrN2O5S/c1-4-17(5-2)23(20,21)10-6-7-12(15)11(8-10)14(19)22-9(3)13(16)18/h6-9H,4-5H2,1-3H3,(H2,16,18)/t9-/m0/s1. The van der Waals surface area contributed by atoms with Gasteiger partial charge in [0.15, 0.2) is 6.10 Å². The number of amides is 1. The molecule has 1 aromatic rings. The van der Waals surface area contributed by atoms with Crippen LogP contribution in [-0.2, 0) is 19.6 Å². The first-order valence-corrected chi connectivity index (χ1v) is 9.18. The fourth-order valence-corrected chi connectivity index (χ4v) is 3.71. The summed E-state index contributed by atoms with van der Waals surface area (Å²) in [5.41, 5.74) is 5.05. The van der Waals surface area contributed by atoms with E-state index >= 15 is 0 Å². The van der Waals surface area contributed by atoms with Crippen molar-refractivity contribution in [3.05, 3.63) is 28.2 Å². The molecule has 23 heavy (non-hydrogen) atoms. The highest BCUT2D eigenvalue weighted by Gasteiger charge is 2.25. The normalized spacial score (nSPS) is 12.9. The molecule has 0 aliphatic rings. The Kier molecular flexibility index (Phi) is 6.72. The Hall–Kier alpha value is -1.45. The molecule has 0 spiro atoms. The van der Waals surface area contributed by atoms with Crippen LogP contribution in [0.5, 0.6) is 0 Å². The molecule has 0 fully saturated rings. The lowest BCUT2D eigenvalue weighted by Crippen LogP contribution is -2.31. The second-order valence-electron chi connectivity index (χ2n) is 4.68. The van der Waals surface area contributed by atoms with E-state index in [0.717, 1.165) is 0 Å². The third kappa shape index (κ3) is 4.52. The molecule has 1 aromatic carbocycles. The van der Waals surface area contributed by atoms with Gasteiger partial charge < -0.3 is 10.5 Å². The van der Waals surface area contributed by atoms with Gasteiger partial charge in [-0.05, 0) is 41.1 Å². The summed E-state index contributed by atoms with van der Waals surface area (Å²) in [5.74, 6) is -1.62. The Morgan fingerprint density at radius 2 is 1.87 bits per heavy atom. The number of nitrogens with zero attached hydrogens (tertiary/aromatic N) is 1. The highest BCUT2D eigenvalue weighted by Crippen LogP contribution is 2.24. The van der Waals surface area contributed by atoms with Gasteiger partial charge in [0.1, 0.15) is 0 Å². The van der Waals surface area contributed by atoms with Crippen molar-refractivity contribution in [2.75, 3.05) is 13.1 Å². The summed E-state index contributed by atoms with van der Waals surface area (Å²) in [6.45, 7) is 5.42. The van der Waals surface area contributed by atoms with Crippen LogP contribution in [0.15, 0.2) is 27.6 Å². The molecular weight excluding hydrogens is 388 g/mol. The number of carbonyl (C=O) groups excluding carboxylic acids is 2. The minimum Gasteiger partial charge on any atom is -0.449 e. The summed E-state index contributed by atoms with van der Waals surface area (Å²) in [6, 6.07) is 4.06. The maximum atomic E-state index is 12.5. The van der Waals surface area contributed by atoms with Gasteiger partial charge in [0.05, 0.1) is 10.5 Å². The zero-order valence-electron chi connectivity index (χ0n) is 13.1. The van der Waals surface area contributed by atoms with Gasteiger partial charge in [0, 0.05) is 17.6 Å². The molecule has 0 aliphatic carbocycles. The molecule has 9 heteroatoms. The highest BCUT2D eigenvalue weighted by molar-refractivity contribution is 9.10. The fraction of sp³-hybridized carbons (Fsp3) is 0.429. The Balaban J connectivity index is 3.23. The molecule has 0 aromatic heterocycles. The van der Waals surface area contributed by atoms with Gasteiger partial charge in [-0.2, -0.15) is 4.31 Å². The van der Waals surface area contributed by atoms with Crippen molar-refractivity contribution < 1.29 is 22.7 Å². The number of sulfonamides is 1. The first-order chi connectivity index (χ1) is 10.6. The highest BCUT2D eigenvalue weighted by atomic mass is 79.9. The van der Waals surface area contributed by atoms with E-state index in [9.17, 15) is 18.0 Å². The van der Waals surface area contributed by atoms with E-state index in [4.69, 9.17) is 10.5 Å². The van der Waals surface area contributed by atoms with Crippen LogP contribution in [0.25, 0.3) is 0 Å². The number of nitrogens with two attached hydrogens (primary N) is 1. The molecular formula is C14H19BrN2O5S. The smallest absolute Gasteiger partial charge is 0.340 e. The lowest BCUT2D eigenvalue weighted by molar-refractivity contribution is -0.125. The van der Waals surface area contributed by atoms with Gasteiger partial charge in [0.2, 0.25) is 10.0 Å². The predicted molar refractivity (Wildman–Crippen MR) is 88.3 cm³/mol. The third-order valence-electron chi connectivity index (χ3n) is 3.19. The maximum absolute atomic E-state index is 12.5. The fourth-order valence-electron chi connectivity index (χ4n) is 1.82. The summed E-state index contributed by atoms with van der Waals surface area (Å²) in [5, 5.41) is 0. The lowest BCUT2D eigenvalue weighted by atomic mass is 10.2. The molecule has 1 amide bonds. The van der Waals surface area contributed by atoms with Crippen molar-refractivity contribution >= 4 is 37.8 Å². The molecule has 0 radical (unpaired) electrons. The largest absolute Gasteiger partial charge is 0.449 e. The molecule has 0 unspecified atom stereocenters. The molecule has 0 saturated heterocycles. The molecule has 0 heterocycles. The van der Waals surface area contributed by atoms with Gasteiger partial charge >= 0.3 is 5.97 Å². The SMILES string of the molecule is CCN(CC)S(=O)(=O)c1ccc(Br)c(C(=O)O[C@@H](C)C(N)=O)c1. The average Bonchev–Trinajstić information content (AvgIpc) is 2.48. The number of esters is 1. The van der Waals surface area contributed by atoms with E-state index in [1.807, 2.05) is 0 Å². The summed E-state index contributed by atoms with van der Waals surface area (Å²) in [7, 11) is -3.71. The zero-order chi connectivity index (χ0) is 17.8. The van der Waals surface area contributed by atoms with Crippen molar-refractivity contribution in [3.8, 4) is 0 Å². The van der Waals surface area contributed by atoms with E-state index in [0.29, 0.717) is 17.6 Å². The quantitative estimate of drug-likeness (QED) is 0.690. The van der Waals surface area contributed by atoms with Crippen molar-refractivity contribution in [1.82, 2.24) is 4.31 Å². The van der Waals surface area contributed by atoms with E-state index in [2.05, 4.69) is 15.9 Å². The van der Waals surface area contributed by atoms with Gasteiger partial charge in [-0.15, -0.1) is 0 Å². The maximum Gasteiger partial charge on any atom is 0.340 e. The van der Waals surface area contributed by atoms with Crippen molar-refractivity contribution in [2.45, 2.75) is 31.8 Å². The molecule has 0 aliphatic heterocycles. The van der Waals surface area contributed by atoms with Crippen LogP contribution in [-0.4, -0.2) is 43.8 Å². The van der Waals surface area contributed by atoms with Gasteiger partial charge in [0.25, 0.3) is 5.91 Å². The average molecular weight is 407 g/mol. The van der Waals surface area contributed by atoms with Crippen LogP contribution >= 0.6 is 15.9 Å². The number of hydrogen-bond donors (Lipinski definition) is 1. The number of carbonyl (C=O) groups is 2. The third-order valence-corrected chi connectivity index (χ3v) is 5.92. The van der Waals surface area contributed by atoms with E-state index < -0.39 is 28.0 Å². The van der Waals surface area contributed by atoms with Gasteiger partial charge in [-0.3, -0.25) is 4.79 Å². The zero-order valence-corrected chi connectivity index (χ0v) is 15.5. The van der Waals surface area contributed by atoms with Crippen LogP contribution < -0.4 is 5.73 Å². The minimum absolute atomic E-state index is 0.00586. The summed E-state index contributed by atoms with van der Waals surface area (Å²) in [4.78, 5) is 23.1. The summed E-state index contributed by atoms with van der Waals surface area (Å²) in [6.07, 6.45) is -1.11. The van der Waals surface area contributed by atoms with Crippen molar-refractivity contribution in [3.63, 3.8) is 0 Å². The number of rotatable bonds is 7. The first-order valence-electron chi connectivity index (χ1n) is 6.95. The van der Waals surface area contributed by atoms with E-state index in [1.165, 1.54) is 29.4 Å². The number of benzene rings is 1. The van der Waals surface area contributed by atoms with Crippen LogP contribution in [0.3, 0.4) is 0 Å². The Bertz CT molecular complexity index is 701. The Morgan fingerprint density at radius 1 is 1.30 bits per heavy atom. The number of halogens is 1. The lowest BCUT2D eigenvalue weighted by Gasteiger charge is -2.19. The Labute approximate surface area is 144 Å². The second kappa shape index (κ2) is 7.89. The van der Waals surface area contributed by atoms with E-state index in [-0.39, 0.29) is 10.5 Å². The van der Waals surface area contributed by atoms with Gasteiger partial charge in [-0.1, -0.05) is 13.8 Å². The molecule has 128 valence electrons. The summed E-state index contributed by atoms with van der Waals surface area (Å²) >= 11 is 3.17. The number of primary amides is 1. The second-order valence-corrected chi connectivity index (χ2v) is 7.47. The van der Waals surface area contributed by atoms with Crippen LogP contribution in [0.1, 0.15) is 31.1 Å². The minimum atomic E-state index is -3.71. The molecule has 0 saturated carbocycles. The molecule has 1 atom stereocenters. The van der Waals surface area contributed by atoms with Gasteiger partial charge in [-0.25, -0.2) is 13.2 Å². The number of hydrogen-bond acceptors (Lipinski definition) is 5. The monoisotopic (exact) mass is 406 g/mol. The van der Waals surface area contributed by atoms with Crippen LogP contribution in [0, 0.1) is 0 Å². The topological polar surface area (TPSA) is 107 Å². The Morgan fingerprint density at radius 3 is 2.35 bits per heavy atom. The first kappa shape index (κ1) is 19.6. The van der Waals surface area contributed by atoms with Crippen LogP contribution in [0.4, 0.5) is 0 Å². The molecule has 2 N–H and O–H groups in total. The summed E-state index contributed by atoms with van der Waals surface area (Å²) < 4.78 is 31.5. The number of ether oxygens (including phenoxy) is 1. The molecule has 0 bridgehead atoms.